The lowest BCUT2D eigenvalue weighted by molar-refractivity contribution is -0.116. The summed E-state index contributed by atoms with van der Waals surface area (Å²) in [4.78, 5) is 28.7. The molecule has 0 aliphatic rings. The number of carbonyl (C=O) groups excluding carboxylic acids is 1. The quantitative estimate of drug-likeness (QED) is 0.560. The van der Waals surface area contributed by atoms with Crippen LogP contribution in [0, 0.1) is 17.5 Å². The first-order chi connectivity index (χ1) is 13.0. The highest BCUT2D eigenvalue weighted by Gasteiger charge is 2.17. The molecule has 1 N–H and O–H groups in total. The number of carbonyl (C=O) groups is 1. The normalized spacial score (nSPS) is 11.2. The Bertz CT molecular complexity index is 1260. The number of fused-ring (bicyclic) bond motifs is 3. The van der Waals surface area contributed by atoms with Crippen LogP contribution in [-0.4, -0.2) is 15.5 Å². The molecule has 0 spiro atoms. The summed E-state index contributed by atoms with van der Waals surface area (Å²) in [6.45, 7) is -0.517. The van der Waals surface area contributed by atoms with Crippen LogP contribution in [0.15, 0.2) is 51.9 Å². The van der Waals surface area contributed by atoms with Crippen LogP contribution in [0.2, 0.25) is 0 Å². The van der Waals surface area contributed by atoms with E-state index in [-0.39, 0.29) is 5.58 Å². The third kappa shape index (κ3) is 2.82. The molecule has 2 heterocycles. The predicted molar refractivity (Wildman–Crippen MR) is 90.7 cm³/mol. The molecule has 0 aliphatic carbocycles. The Labute approximate surface area is 148 Å². The highest BCUT2D eigenvalue weighted by atomic mass is 19.2. The number of hydrogen-bond donors (Lipinski definition) is 1. The molecule has 0 unspecified atom stereocenters. The molecule has 6 nitrogen and oxygen atoms in total. The third-order valence-electron chi connectivity index (χ3n) is 3.97. The van der Waals surface area contributed by atoms with Gasteiger partial charge in [0.2, 0.25) is 11.5 Å². The topological polar surface area (TPSA) is 77.1 Å². The van der Waals surface area contributed by atoms with Crippen LogP contribution in [0.3, 0.4) is 0 Å². The molecule has 136 valence electrons. The number of hydrogen-bond acceptors (Lipinski definition) is 4. The van der Waals surface area contributed by atoms with E-state index in [1.807, 2.05) is 0 Å². The number of furan rings is 1. The fraction of sp³-hybridized carbons (Fsp3) is 0.0556. The second-order valence-electron chi connectivity index (χ2n) is 5.72. The molecule has 0 aliphatic heterocycles. The van der Waals surface area contributed by atoms with E-state index in [9.17, 15) is 22.8 Å². The van der Waals surface area contributed by atoms with Crippen LogP contribution in [-0.2, 0) is 11.3 Å². The van der Waals surface area contributed by atoms with Gasteiger partial charge in [0, 0.05) is 5.39 Å². The number of nitrogens with zero attached hydrogens (tertiary/aromatic N) is 2. The molecule has 0 atom stereocenters. The Morgan fingerprint density at radius 2 is 1.89 bits per heavy atom. The summed E-state index contributed by atoms with van der Waals surface area (Å²) >= 11 is 0. The molecule has 0 fully saturated rings. The number of anilines is 1. The average molecular weight is 373 g/mol. The monoisotopic (exact) mass is 373 g/mol. The van der Waals surface area contributed by atoms with Gasteiger partial charge in [-0.05, 0) is 24.3 Å². The van der Waals surface area contributed by atoms with Crippen LogP contribution in [0.5, 0.6) is 0 Å². The van der Waals surface area contributed by atoms with Crippen LogP contribution in [0.4, 0.5) is 18.9 Å². The van der Waals surface area contributed by atoms with Gasteiger partial charge in [0.15, 0.2) is 17.5 Å². The Kier molecular flexibility index (Phi) is 3.91. The van der Waals surface area contributed by atoms with E-state index in [1.54, 1.807) is 24.3 Å². The van der Waals surface area contributed by atoms with Crippen LogP contribution in [0.25, 0.3) is 22.1 Å². The van der Waals surface area contributed by atoms with Gasteiger partial charge in [-0.2, -0.15) is 0 Å². The number of halogens is 3. The number of nitrogens with one attached hydrogen (secondary N) is 1. The van der Waals surface area contributed by atoms with Crippen molar-refractivity contribution in [3.05, 3.63) is 70.5 Å². The van der Waals surface area contributed by atoms with Crippen molar-refractivity contribution in [3.63, 3.8) is 0 Å². The van der Waals surface area contributed by atoms with Crippen molar-refractivity contribution in [1.29, 1.82) is 0 Å². The maximum atomic E-state index is 13.6. The predicted octanol–water partition coefficient (Wildman–Crippen LogP) is 3.20. The highest BCUT2D eigenvalue weighted by molar-refractivity contribution is 6.01. The molecule has 2 aromatic carbocycles. The first-order valence-electron chi connectivity index (χ1n) is 7.75. The zero-order valence-corrected chi connectivity index (χ0v) is 13.5. The van der Waals surface area contributed by atoms with Gasteiger partial charge in [-0.25, -0.2) is 18.2 Å². The van der Waals surface area contributed by atoms with Crippen molar-refractivity contribution in [2.45, 2.75) is 6.54 Å². The van der Waals surface area contributed by atoms with Gasteiger partial charge >= 0.3 is 0 Å². The second-order valence-corrected chi connectivity index (χ2v) is 5.72. The van der Waals surface area contributed by atoms with Crippen molar-refractivity contribution >= 4 is 33.7 Å². The van der Waals surface area contributed by atoms with Gasteiger partial charge in [-0.15, -0.1) is 0 Å². The molecule has 1 amide bonds. The summed E-state index contributed by atoms with van der Waals surface area (Å²) in [6, 6.07) is 8.51. The third-order valence-corrected chi connectivity index (χ3v) is 3.97. The number of benzene rings is 2. The molecule has 0 saturated carbocycles. The van der Waals surface area contributed by atoms with Gasteiger partial charge in [0.05, 0.1) is 12.0 Å². The van der Waals surface area contributed by atoms with E-state index < -0.39 is 41.2 Å². The van der Waals surface area contributed by atoms with Crippen LogP contribution < -0.4 is 10.9 Å². The Morgan fingerprint density at radius 3 is 2.70 bits per heavy atom. The second kappa shape index (κ2) is 6.27. The lowest BCUT2D eigenvalue weighted by atomic mass is 10.2. The number of aromatic nitrogens is 2. The van der Waals surface area contributed by atoms with Gasteiger partial charge in [0.25, 0.3) is 5.56 Å². The van der Waals surface area contributed by atoms with Crippen molar-refractivity contribution in [2.75, 3.05) is 5.32 Å². The fourth-order valence-corrected chi connectivity index (χ4v) is 2.69. The Morgan fingerprint density at radius 1 is 1.11 bits per heavy atom. The molecular weight excluding hydrogens is 363 g/mol. The van der Waals surface area contributed by atoms with Crippen molar-refractivity contribution in [1.82, 2.24) is 9.55 Å². The zero-order chi connectivity index (χ0) is 19.1. The average Bonchev–Trinajstić information content (AvgIpc) is 3.04. The highest BCUT2D eigenvalue weighted by Crippen LogP contribution is 2.24. The standard InChI is InChI=1S/C18H10F3N3O3/c19-10-5-6-11(15(21)14(10)20)23-13(25)7-24-8-22-16-9-3-1-2-4-12(9)27-17(16)18(24)26/h1-6,8H,7H2,(H,23,25). The lowest BCUT2D eigenvalue weighted by Gasteiger charge is -2.08. The van der Waals surface area contributed by atoms with Crippen LogP contribution in [0.1, 0.15) is 0 Å². The number of amides is 1. The molecule has 27 heavy (non-hydrogen) atoms. The molecule has 2 aromatic heterocycles. The largest absolute Gasteiger partial charge is 0.448 e. The van der Waals surface area contributed by atoms with Gasteiger partial charge < -0.3 is 9.73 Å². The molecule has 9 heteroatoms. The Balaban J connectivity index is 1.64. The number of para-hydroxylation sites is 1. The zero-order valence-electron chi connectivity index (χ0n) is 13.5. The van der Waals surface area contributed by atoms with Crippen molar-refractivity contribution < 1.29 is 22.4 Å². The van der Waals surface area contributed by atoms with E-state index in [4.69, 9.17) is 4.42 Å². The lowest BCUT2D eigenvalue weighted by Crippen LogP contribution is -2.28. The molecule has 0 bridgehead atoms. The van der Waals surface area contributed by atoms with Crippen molar-refractivity contribution in [2.24, 2.45) is 0 Å². The molecule has 4 rings (SSSR count). The minimum Gasteiger partial charge on any atom is -0.448 e. The summed E-state index contributed by atoms with van der Waals surface area (Å²) in [6.07, 6.45) is 1.16. The maximum Gasteiger partial charge on any atom is 0.297 e. The van der Waals surface area contributed by atoms with Gasteiger partial charge in [-0.3, -0.25) is 14.2 Å². The summed E-state index contributed by atoms with van der Waals surface area (Å²) in [5.74, 6) is -5.42. The van der Waals surface area contributed by atoms with Gasteiger partial charge in [-0.1, -0.05) is 12.1 Å². The van der Waals surface area contributed by atoms with E-state index in [2.05, 4.69) is 10.3 Å². The minimum absolute atomic E-state index is 0.0227. The van der Waals surface area contributed by atoms with Gasteiger partial charge in [0.1, 0.15) is 17.6 Å². The summed E-state index contributed by atoms with van der Waals surface area (Å²) in [7, 11) is 0. The summed E-state index contributed by atoms with van der Waals surface area (Å²) < 4.78 is 46.3. The molecule has 0 saturated heterocycles. The fourth-order valence-electron chi connectivity index (χ4n) is 2.69. The Hall–Kier alpha value is -3.62. The maximum absolute atomic E-state index is 13.6. The van der Waals surface area contributed by atoms with E-state index in [1.165, 1.54) is 0 Å². The van der Waals surface area contributed by atoms with Crippen LogP contribution >= 0.6 is 0 Å². The van der Waals surface area contributed by atoms with Crippen molar-refractivity contribution in [3.8, 4) is 0 Å². The summed E-state index contributed by atoms with van der Waals surface area (Å²) in [5.41, 5.74) is -0.325. The molecule has 4 aromatic rings. The van der Waals surface area contributed by atoms with E-state index in [0.29, 0.717) is 22.6 Å². The first-order valence-corrected chi connectivity index (χ1v) is 7.75. The first kappa shape index (κ1) is 16.8. The number of rotatable bonds is 3. The SMILES string of the molecule is O=C(Cn1cnc2c(oc3ccccc32)c1=O)Nc1ccc(F)c(F)c1F. The van der Waals surface area contributed by atoms with E-state index in [0.717, 1.165) is 17.0 Å². The summed E-state index contributed by atoms with van der Waals surface area (Å²) in [5, 5.41) is 2.75. The molecular formula is C18H10F3N3O3. The molecule has 0 radical (unpaired) electrons. The minimum atomic E-state index is -1.70. The van der Waals surface area contributed by atoms with E-state index >= 15 is 0 Å². The smallest absolute Gasteiger partial charge is 0.297 e.